The Labute approximate surface area is 95.7 Å². The molecule has 1 heterocycles. The number of amides is 1. The Hall–Kier alpha value is -1.35. The van der Waals surface area contributed by atoms with Gasteiger partial charge in [-0.25, -0.2) is 0 Å². The Balaban J connectivity index is 2.36. The van der Waals surface area contributed by atoms with Gasteiger partial charge in [0.15, 0.2) is 6.23 Å². The molecule has 86 valence electrons. The first-order valence-corrected chi connectivity index (χ1v) is 5.60. The monoisotopic (exact) mass is 219 g/mol. The third-order valence-corrected chi connectivity index (χ3v) is 2.84. The van der Waals surface area contributed by atoms with E-state index in [1.165, 1.54) is 4.90 Å². The Morgan fingerprint density at radius 3 is 2.75 bits per heavy atom. The minimum Gasteiger partial charge on any atom is -0.369 e. The van der Waals surface area contributed by atoms with Crippen LogP contribution < -0.4 is 0 Å². The van der Waals surface area contributed by atoms with Gasteiger partial charge in [0.2, 0.25) is 0 Å². The number of nitrogens with zero attached hydrogens (tertiary/aromatic N) is 1. The minimum absolute atomic E-state index is 0.0556. The van der Waals surface area contributed by atoms with E-state index in [1.54, 1.807) is 0 Å². The minimum atomic E-state index is -0.773. The quantitative estimate of drug-likeness (QED) is 0.827. The van der Waals surface area contributed by atoms with Gasteiger partial charge in [-0.3, -0.25) is 4.79 Å². The van der Waals surface area contributed by atoms with Crippen LogP contribution in [0.15, 0.2) is 18.2 Å². The Bertz CT molecular complexity index is 426. The summed E-state index contributed by atoms with van der Waals surface area (Å²) < 4.78 is 0. The first kappa shape index (κ1) is 11.1. The lowest BCUT2D eigenvalue weighted by atomic mass is 10.1. The molecule has 0 fully saturated rings. The summed E-state index contributed by atoms with van der Waals surface area (Å²) in [7, 11) is 0. The molecule has 0 aliphatic carbocycles. The standard InChI is InChI=1S/C13H17NO2/c1-8(2)7-14-12(15)10-5-4-9(3)6-11(10)13(14)16/h4-6,8,12,15H,7H2,1-3H3. The van der Waals surface area contributed by atoms with E-state index in [9.17, 15) is 9.90 Å². The van der Waals surface area contributed by atoms with Crippen LogP contribution in [0.2, 0.25) is 0 Å². The molecule has 2 rings (SSSR count). The lowest BCUT2D eigenvalue weighted by Gasteiger charge is -2.22. The first-order valence-electron chi connectivity index (χ1n) is 5.60. The topological polar surface area (TPSA) is 40.5 Å². The second-order valence-corrected chi connectivity index (χ2v) is 4.82. The van der Waals surface area contributed by atoms with Crippen LogP contribution in [0.1, 0.15) is 41.6 Å². The molecule has 0 saturated carbocycles. The molecule has 1 aliphatic rings. The molecule has 3 heteroatoms. The number of aliphatic hydroxyl groups is 1. The molecular weight excluding hydrogens is 202 g/mol. The van der Waals surface area contributed by atoms with Crippen molar-refractivity contribution in [1.29, 1.82) is 0 Å². The van der Waals surface area contributed by atoms with Gasteiger partial charge in [-0.1, -0.05) is 31.5 Å². The zero-order valence-electron chi connectivity index (χ0n) is 9.90. The number of hydrogen-bond donors (Lipinski definition) is 1. The highest BCUT2D eigenvalue weighted by Crippen LogP contribution is 2.32. The maximum absolute atomic E-state index is 12.1. The molecule has 0 spiro atoms. The Morgan fingerprint density at radius 1 is 1.44 bits per heavy atom. The lowest BCUT2D eigenvalue weighted by Crippen LogP contribution is -2.31. The van der Waals surface area contributed by atoms with Crippen LogP contribution in [0.3, 0.4) is 0 Å². The number of hydrogen-bond acceptors (Lipinski definition) is 2. The number of fused-ring (bicyclic) bond motifs is 1. The van der Waals surface area contributed by atoms with Crippen molar-refractivity contribution in [1.82, 2.24) is 4.90 Å². The second-order valence-electron chi connectivity index (χ2n) is 4.82. The van der Waals surface area contributed by atoms with Crippen molar-refractivity contribution in [2.45, 2.75) is 27.0 Å². The van der Waals surface area contributed by atoms with Crippen molar-refractivity contribution in [3.05, 3.63) is 34.9 Å². The van der Waals surface area contributed by atoms with Crippen LogP contribution in [0, 0.1) is 12.8 Å². The molecule has 0 bridgehead atoms. The molecule has 0 radical (unpaired) electrons. The summed E-state index contributed by atoms with van der Waals surface area (Å²) in [5.74, 6) is 0.300. The fraction of sp³-hybridized carbons (Fsp3) is 0.462. The zero-order valence-corrected chi connectivity index (χ0v) is 9.90. The highest BCUT2D eigenvalue weighted by Gasteiger charge is 2.35. The SMILES string of the molecule is Cc1ccc2c(c1)C(=O)N(CC(C)C)C2O. The summed E-state index contributed by atoms with van der Waals surface area (Å²) in [6.45, 7) is 6.61. The van der Waals surface area contributed by atoms with Crippen LogP contribution in [0.5, 0.6) is 0 Å². The predicted molar refractivity (Wildman–Crippen MR) is 62.0 cm³/mol. The van der Waals surface area contributed by atoms with Gasteiger partial charge >= 0.3 is 0 Å². The van der Waals surface area contributed by atoms with Crippen molar-refractivity contribution < 1.29 is 9.90 Å². The van der Waals surface area contributed by atoms with E-state index in [0.29, 0.717) is 18.0 Å². The van der Waals surface area contributed by atoms with Crippen LogP contribution in [0.25, 0.3) is 0 Å². The molecule has 1 unspecified atom stereocenters. The number of carbonyl (C=O) groups is 1. The van der Waals surface area contributed by atoms with Crippen LogP contribution in [0.4, 0.5) is 0 Å². The average molecular weight is 219 g/mol. The van der Waals surface area contributed by atoms with Gasteiger partial charge in [-0.2, -0.15) is 0 Å². The summed E-state index contributed by atoms with van der Waals surface area (Å²) in [4.78, 5) is 13.6. The molecule has 1 aliphatic heterocycles. The van der Waals surface area contributed by atoms with Crippen LogP contribution >= 0.6 is 0 Å². The number of aryl methyl sites for hydroxylation is 1. The molecule has 0 aromatic heterocycles. The van der Waals surface area contributed by atoms with Gasteiger partial charge in [0.05, 0.1) is 0 Å². The fourth-order valence-electron chi connectivity index (χ4n) is 2.09. The zero-order chi connectivity index (χ0) is 11.9. The first-order chi connectivity index (χ1) is 7.50. The van der Waals surface area contributed by atoms with E-state index in [2.05, 4.69) is 0 Å². The van der Waals surface area contributed by atoms with Gasteiger partial charge in [-0.05, 0) is 18.9 Å². The molecule has 1 aromatic carbocycles. The van der Waals surface area contributed by atoms with Crippen molar-refractivity contribution in [2.75, 3.05) is 6.54 Å². The third-order valence-electron chi connectivity index (χ3n) is 2.84. The lowest BCUT2D eigenvalue weighted by molar-refractivity contribution is 0.0127. The van der Waals surface area contributed by atoms with Crippen LogP contribution in [-0.2, 0) is 0 Å². The summed E-state index contributed by atoms with van der Waals surface area (Å²) >= 11 is 0. The van der Waals surface area contributed by atoms with Gasteiger partial charge in [-0.15, -0.1) is 0 Å². The number of benzene rings is 1. The number of rotatable bonds is 2. The van der Waals surface area contributed by atoms with E-state index in [1.807, 2.05) is 39.0 Å². The smallest absolute Gasteiger partial charge is 0.256 e. The molecular formula is C13H17NO2. The van der Waals surface area contributed by atoms with Gasteiger partial charge in [0, 0.05) is 17.7 Å². The highest BCUT2D eigenvalue weighted by molar-refractivity contribution is 5.99. The molecule has 3 nitrogen and oxygen atoms in total. The van der Waals surface area contributed by atoms with E-state index in [0.717, 1.165) is 11.1 Å². The Morgan fingerprint density at radius 2 is 2.12 bits per heavy atom. The molecule has 0 saturated heterocycles. The largest absolute Gasteiger partial charge is 0.369 e. The highest BCUT2D eigenvalue weighted by atomic mass is 16.3. The molecule has 1 aromatic rings. The molecule has 1 amide bonds. The Kier molecular flexibility index (Phi) is 2.72. The van der Waals surface area contributed by atoms with Crippen molar-refractivity contribution >= 4 is 5.91 Å². The summed E-state index contributed by atoms with van der Waals surface area (Å²) in [5, 5.41) is 10.1. The fourth-order valence-corrected chi connectivity index (χ4v) is 2.09. The van der Waals surface area contributed by atoms with E-state index >= 15 is 0 Å². The van der Waals surface area contributed by atoms with Gasteiger partial charge < -0.3 is 10.0 Å². The number of aliphatic hydroxyl groups excluding tert-OH is 1. The van der Waals surface area contributed by atoms with Crippen LogP contribution in [-0.4, -0.2) is 22.5 Å². The van der Waals surface area contributed by atoms with E-state index < -0.39 is 6.23 Å². The number of carbonyl (C=O) groups excluding carboxylic acids is 1. The predicted octanol–water partition coefficient (Wildman–Crippen LogP) is 2.10. The molecule has 16 heavy (non-hydrogen) atoms. The second kappa shape index (κ2) is 3.91. The average Bonchev–Trinajstić information content (AvgIpc) is 2.43. The van der Waals surface area contributed by atoms with Crippen molar-refractivity contribution in [2.24, 2.45) is 5.92 Å². The maximum Gasteiger partial charge on any atom is 0.256 e. The normalized spacial score (nSPS) is 19.4. The van der Waals surface area contributed by atoms with Crippen molar-refractivity contribution in [3.8, 4) is 0 Å². The third kappa shape index (κ3) is 1.71. The van der Waals surface area contributed by atoms with E-state index in [-0.39, 0.29) is 5.91 Å². The van der Waals surface area contributed by atoms with Gasteiger partial charge in [0.25, 0.3) is 5.91 Å². The summed E-state index contributed by atoms with van der Waals surface area (Å²) in [6.07, 6.45) is -0.773. The maximum atomic E-state index is 12.1. The summed E-state index contributed by atoms with van der Waals surface area (Å²) in [6, 6.07) is 5.61. The van der Waals surface area contributed by atoms with Gasteiger partial charge in [0.1, 0.15) is 0 Å². The van der Waals surface area contributed by atoms with Crippen molar-refractivity contribution in [3.63, 3.8) is 0 Å². The molecule has 1 atom stereocenters. The molecule has 1 N–H and O–H groups in total. The summed E-state index contributed by atoms with van der Waals surface area (Å²) in [5.41, 5.74) is 2.43. The van der Waals surface area contributed by atoms with E-state index in [4.69, 9.17) is 0 Å².